The number of rotatable bonds is 5. The van der Waals surface area contributed by atoms with Crippen LogP contribution in [0, 0.1) is 11.8 Å². The molecule has 0 aromatic heterocycles. The molecule has 2 nitrogen and oxygen atoms in total. The van der Waals surface area contributed by atoms with Gasteiger partial charge in [-0.1, -0.05) is 19.1 Å². The van der Waals surface area contributed by atoms with Crippen molar-refractivity contribution in [2.45, 2.75) is 31.6 Å². The SMILES string of the molecule is CC1CC1CNCC1(c2ccc(N)cc2)CC1. The maximum atomic E-state index is 5.74. The molecule has 2 heteroatoms. The largest absolute Gasteiger partial charge is 0.399 e. The Morgan fingerprint density at radius 3 is 2.47 bits per heavy atom. The first kappa shape index (κ1) is 11.1. The fourth-order valence-electron chi connectivity index (χ4n) is 2.74. The Morgan fingerprint density at radius 2 is 1.94 bits per heavy atom. The van der Waals surface area contributed by atoms with Gasteiger partial charge in [-0.3, -0.25) is 0 Å². The molecular weight excluding hydrogens is 208 g/mol. The molecule has 2 saturated carbocycles. The summed E-state index contributed by atoms with van der Waals surface area (Å²) in [5.41, 5.74) is 8.49. The number of nitrogens with one attached hydrogen (secondary N) is 1. The van der Waals surface area contributed by atoms with Crippen LogP contribution in [0.2, 0.25) is 0 Å². The highest BCUT2D eigenvalue weighted by molar-refractivity contribution is 5.43. The van der Waals surface area contributed by atoms with Crippen molar-refractivity contribution < 1.29 is 0 Å². The van der Waals surface area contributed by atoms with Crippen LogP contribution in [0.1, 0.15) is 31.7 Å². The third-order valence-electron chi connectivity index (χ3n) is 4.52. The fraction of sp³-hybridized carbons (Fsp3) is 0.600. The average Bonchev–Trinajstić information content (AvgIpc) is 3.21. The van der Waals surface area contributed by atoms with E-state index in [9.17, 15) is 0 Å². The fourth-order valence-corrected chi connectivity index (χ4v) is 2.74. The van der Waals surface area contributed by atoms with Gasteiger partial charge in [-0.15, -0.1) is 0 Å². The van der Waals surface area contributed by atoms with E-state index in [1.165, 1.54) is 31.4 Å². The summed E-state index contributed by atoms with van der Waals surface area (Å²) in [6.07, 6.45) is 4.07. The normalized spacial score (nSPS) is 29.0. The van der Waals surface area contributed by atoms with Crippen molar-refractivity contribution in [3.8, 4) is 0 Å². The Hall–Kier alpha value is -1.02. The summed E-state index contributed by atoms with van der Waals surface area (Å²) < 4.78 is 0. The maximum absolute atomic E-state index is 5.74. The van der Waals surface area contributed by atoms with E-state index in [0.717, 1.165) is 24.1 Å². The molecule has 1 aromatic carbocycles. The lowest BCUT2D eigenvalue weighted by Crippen LogP contribution is -2.28. The zero-order valence-electron chi connectivity index (χ0n) is 10.6. The van der Waals surface area contributed by atoms with Crippen molar-refractivity contribution in [3.63, 3.8) is 0 Å². The van der Waals surface area contributed by atoms with Gasteiger partial charge in [-0.25, -0.2) is 0 Å². The van der Waals surface area contributed by atoms with E-state index < -0.39 is 0 Å². The summed E-state index contributed by atoms with van der Waals surface area (Å²) >= 11 is 0. The lowest BCUT2D eigenvalue weighted by atomic mass is 9.95. The highest BCUT2D eigenvalue weighted by atomic mass is 14.9. The number of anilines is 1. The summed E-state index contributed by atoms with van der Waals surface area (Å²) in [5, 5.41) is 3.66. The Balaban J connectivity index is 1.56. The minimum atomic E-state index is 0.422. The van der Waals surface area contributed by atoms with Crippen molar-refractivity contribution in [2.75, 3.05) is 18.8 Å². The highest BCUT2D eigenvalue weighted by Gasteiger charge is 2.44. The molecule has 0 saturated heterocycles. The van der Waals surface area contributed by atoms with Gasteiger partial charge in [-0.2, -0.15) is 0 Å². The minimum Gasteiger partial charge on any atom is -0.399 e. The molecule has 0 spiro atoms. The summed E-state index contributed by atoms with van der Waals surface area (Å²) in [6, 6.07) is 8.45. The summed E-state index contributed by atoms with van der Waals surface area (Å²) in [4.78, 5) is 0. The molecule has 3 N–H and O–H groups in total. The quantitative estimate of drug-likeness (QED) is 0.763. The summed E-state index contributed by atoms with van der Waals surface area (Å²) in [7, 11) is 0. The van der Waals surface area contributed by atoms with E-state index in [0.29, 0.717) is 5.41 Å². The molecule has 0 bridgehead atoms. The van der Waals surface area contributed by atoms with Gasteiger partial charge < -0.3 is 11.1 Å². The van der Waals surface area contributed by atoms with Gasteiger partial charge in [0.05, 0.1) is 0 Å². The van der Waals surface area contributed by atoms with Crippen molar-refractivity contribution in [2.24, 2.45) is 11.8 Å². The molecule has 2 aliphatic rings. The van der Waals surface area contributed by atoms with Gasteiger partial charge in [0.2, 0.25) is 0 Å². The van der Waals surface area contributed by atoms with E-state index in [-0.39, 0.29) is 0 Å². The summed E-state index contributed by atoms with van der Waals surface area (Å²) in [5.74, 6) is 1.89. The zero-order valence-corrected chi connectivity index (χ0v) is 10.6. The maximum Gasteiger partial charge on any atom is 0.0314 e. The van der Waals surface area contributed by atoms with Gasteiger partial charge in [0.15, 0.2) is 0 Å². The number of benzene rings is 1. The van der Waals surface area contributed by atoms with Crippen LogP contribution in [-0.4, -0.2) is 13.1 Å². The summed E-state index contributed by atoms with van der Waals surface area (Å²) in [6.45, 7) is 4.69. The van der Waals surface area contributed by atoms with Crippen LogP contribution in [0.4, 0.5) is 5.69 Å². The molecular formula is C15H22N2. The monoisotopic (exact) mass is 230 g/mol. The van der Waals surface area contributed by atoms with Crippen LogP contribution in [0.25, 0.3) is 0 Å². The molecule has 17 heavy (non-hydrogen) atoms. The standard InChI is InChI=1S/C15H22N2/c1-11-8-12(11)9-17-10-15(6-7-15)13-2-4-14(16)5-3-13/h2-5,11-12,17H,6-10,16H2,1H3. The lowest BCUT2D eigenvalue weighted by Gasteiger charge is -2.16. The molecule has 2 unspecified atom stereocenters. The molecule has 0 heterocycles. The van der Waals surface area contributed by atoms with E-state index >= 15 is 0 Å². The van der Waals surface area contributed by atoms with Crippen molar-refractivity contribution in [1.82, 2.24) is 5.32 Å². The Bertz CT molecular complexity index is 392. The predicted octanol–water partition coefficient (Wildman–Crippen LogP) is 2.55. The van der Waals surface area contributed by atoms with E-state index in [1.807, 2.05) is 12.1 Å². The molecule has 2 atom stereocenters. The Kier molecular flexibility index (Phi) is 2.62. The van der Waals surface area contributed by atoms with E-state index in [1.54, 1.807) is 0 Å². The first-order valence-electron chi connectivity index (χ1n) is 6.76. The molecule has 0 aliphatic heterocycles. The zero-order chi connectivity index (χ0) is 11.9. The molecule has 3 rings (SSSR count). The molecule has 2 fully saturated rings. The predicted molar refractivity (Wildman–Crippen MR) is 71.9 cm³/mol. The Morgan fingerprint density at radius 1 is 1.29 bits per heavy atom. The van der Waals surface area contributed by atoms with E-state index in [2.05, 4.69) is 24.4 Å². The number of nitrogens with two attached hydrogens (primary N) is 1. The Labute approximate surface area is 104 Å². The second kappa shape index (κ2) is 4.02. The van der Waals surface area contributed by atoms with Gasteiger partial charge in [0.25, 0.3) is 0 Å². The average molecular weight is 230 g/mol. The van der Waals surface area contributed by atoms with Gasteiger partial charge in [-0.05, 0) is 55.3 Å². The third-order valence-corrected chi connectivity index (χ3v) is 4.52. The molecule has 0 radical (unpaired) electrons. The number of hydrogen-bond donors (Lipinski definition) is 2. The van der Waals surface area contributed by atoms with Crippen LogP contribution in [0.5, 0.6) is 0 Å². The topological polar surface area (TPSA) is 38.0 Å². The second-order valence-corrected chi connectivity index (χ2v) is 6.01. The van der Waals surface area contributed by atoms with Gasteiger partial charge in [0.1, 0.15) is 0 Å². The molecule has 92 valence electrons. The van der Waals surface area contributed by atoms with Crippen LogP contribution in [-0.2, 0) is 5.41 Å². The molecule has 0 amide bonds. The first-order valence-corrected chi connectivity index (χ1v) is 6.76. The van der Waals surface area contributed by atoms with Gasteiger partial charge >= 0.3 is 0 Å². The highest BCUT2D eigenvalue weighted by Crippen LogP contribution is 2.48. The molecule has 2 aliphatic carbocycles. The third kappa shape index (κ3) is 2.32. The number of nitrogen functional groups attached to an aromatic ring is 1. The van der Waals surface area contributed by atoms with Crippen LogP contribution in [0.3, 0.4) is 0 Å². The second-order valence-electron chi connectivity index (χ2n) is 6.01. The van der Waals surface area contributed by atoms with Crippen molar-refractivity contribution >= 4 is 5.69 Å². The number of hydrogen-bond acceptors (Lipinski definition) is 2. The van der Waals surface area contributed by atoms with E-state index in [4.69, 9.17) is 5.73 Å². The van der Waals surface area contributed by atoms with Crippen LogP contribution < -0.4 is 11.1 Å². The van der Waals surface area contributed by atoms with Gasteiger partial charge in [0, 0.05) is 17.6 Å². The first-order chi connectivity index (χ1) is 8.20. The smallest absolute Gasteiger partial charge is 0.0314 e. The molecule has 1 aromatic rings. The van der Waals surface area contributed by atoms with Crippen molar-refractivity contribution in [1.29, 1.82) is 0 Å². The van der Waals surface area contributed by atoms with Crippen LogP contribution >= 0.6 is 0 Å². The van der Waals surface area contributed by atoms with Crippen LogP contribution in [0.15, 0.2) is 24.3 Å². The lowest BCUT2D eigenvalue weighted by molar-refractivity contribution is 0.543. The van der Waals surface area contributed by atoms with Crippen molar-refractivity contribution in [3.05, 3.63) is 29.8 Å². The minimum absolute atomic E-state index is 0.422.